The summed E-state index contributed by atoms with van der Waals surface area (Å²) in [6.07, 6.45) is -4.65. The number of hydrogen-bond acceptors (Lipinski definition) is 5. The molecular weight excluding hydrogens is 451 g/mol. The first-order valence-corrected chi connectivity index (χ1v) is 10.5. The van der Waals surface area contributed by atoms with E-state index in [1.54, 1.807) is 17.0 Å². The number of anilines is 1. The molecule has 0 fully saturated rings. The van der Waals surface area contributed by atoms with Gasteiger partial charge in [-0.3, -0.25) is 4.79 Å². The molecule has 0 bridgehead atoms. The molecule has 1 unspecified atom stereocenters. The lowest BCUT2D eigenvalue weighted by molar-refractivity contribution is -0.137. The quantitative estimate of drug-likeness (QED) is 0.472. The number of carbonyl (C=O) groups excluding carboxylic acids is 1. The Hall–Kier alpha value is -3.64. The van der Waals surface area contributed by atoms with Crippen LogP contribution in [-0.4, -0.2) is 5.91 Å². The van der Waals surface area contributed by atoms with E-state index >= 15 is 0 Å². The average molecular weight is 469 g/mol. The number of para-hydroxylation sites is 1. The number of alkyl halides is 3. The molecule has 3 aromatic rings. The summed E-state index contributed by atoms with van der Waals surface area (Å²) in [6.45, 7) is 1.97. The van der Waals surface area contributed by atoms with Crippen LogP contribution in [-0.2, 0) is 17.4 Å². The van der Waals surface area contributed by atoms with E-state index in [9.17, 15) is 23.2 Å². The average Bonchev–Trinajstić information content (AvgIpc) is 3.29. The van der Waals surface area contributed by atoms with Crippen molar-refractivity contribution in [1.82, 2.24) is 5.32 Å². The number of amides is 1. The number of nitriles is 1. The lowest BCUT2D eigenvalue weighted by Crippen LogP contribution is -2.46. The zero-order chi connectivity index (χ0) is 23.8. The Balaban J connectivity index is 1.80. The van der Waals surface area contributed by atoms with E-state index in [-0.39, 0.29) is 27.7 Å². The minimum absolute atomic E-state index is 0.148. The molecule has 2 aromatic carbocycles. The van der Waals surface area contributed by atoms with Crippen LogP contribution in [0.25, 0.3) is 11.3 Å². The highest BCUT2D eigenvalue weighted by Crippen LogP contribution is 2.39. The van der Waals surface area contributed by atoms with Crippen molar-refractivity contribution < 1.29 is 22.4 Å². The van der Waals surface area contributed by atoms with E-state index in [1.165, 1.54) is 12.1 Å². The second-order valence-corrected chi connectivity index (χ2v) is 7.74. The van der Waals surface area contributed by atoms with E-state index in [2.05, 4.69) is 17.9 Å². The summed E-state index contributed by atoms with van der Waals surface area (Å²) in [5.74, 6) is -0.121. The van der Waals surface area contributed by atoms with Gasteiger partial charge < -0.3 is 14.6 Å². The summed E-state index contributed by atoms with van der Waals surface area (Å²) in [5.41, 5.74) is 0.983. The highest BCUT2D eigenvalue weighted by atomic mass is 32.1. The maximum absolute atomic E-state index is 13.1. The van der Waals surface area contributed by atoms with Gasteiger partial charge in [-0.15, -0.1) is 12.6 Å². The summed E-state index contributed by atoms with van der Waals surface area (Å²) >= 11 is 4.48. The van der Waals surface area contributed by atoms with E-state index in [0.717, 1.165) is 23.4 Å². The van der Waals surface area contributed by atoms with Crippen LogP contribution in [0.2, 0.25) is 0 Å². The van der Waals surface area contributed by atoms with Crippen molar-refractivity contribution in [3.8, 4) is 17.4 Å². The van der Waals surface area contributed by atoms with Crippen LogP contribution in [0.4, 0.5) is 18.9 Å². The molecule has 5 nitrogen and oxygen atoms in total. The molecule has 1 aliphatic rings. The largest absolute Gasteiger partial charge is 0.457 e. The number of hydrogen-bond donors (Lipinski definition) is 2. The van der Waals surface area contributed by atoms with Gasteiger partial charge in [-0.1, -0.05) is 37.3 Å². The predicted octanol–water partition coefficient (Wildman–Crippen LogP) is 5.83. The molecule has 0 aliphatic carbocycles. The van der Waals surface area contributed by atoms with E-state index in [4.69, 9.17) is 4.42 Å². The van der Waals surface area contributed by atoms with Crippen molar-refractivity contribution in [1.29, 1.82) is 5.26 Å². The summed E-state index contributed by atoms with van der Waals surface area (Å²) in [7, 11) is 0. The van der Waals surface area contributed by atoms with Crippen molar-refractivity contribution in [3.63, 3.8) is 0 Å². The Morgan fingerprint density at radius 2 is 1.91 bits per heavy atom. The van der Waals surface area contributed by atoms with Gasteiger partial charge in [0.25, 0.3) is 5.91 Å². The van der Waals surface area contributed by atoms with Crippen LogP contribution >= 0.6 is 12.6 Å². The Morgan fingerprint density at radius 3 is 2.61 bits per heavy atom. The van der Waals surface area contributed by atoms with Crippen LogP contribution < -0.4 is 10.2 Å². The summed E-state index contributed by atoms with van der Waals surface area (Å²) in [6, 6.07) is 17.3. The minimum Gasteiger partial charge on any atom is -0.457 e. The highest BCUT2D eigenvalue weighted by molar-refractivity contribution is 7.84. The lowest BCUT2D eigenvalue weighted by Gasteiger charge is -2.37. The van der Waals surface area contributed by atoms with E-state index in [1.807, 2.05) is 37.3 Å². The number of benzene rings is 2. The van der Waals surface area contributed by atoms with Crippen LogP contribution in [0.5, 0.6) is 0 Å². The standard InChI is InChI=1S/C24H18F3N3O2S/c1-2-14-6-3-4-9-18(14)30-21(29-22(31)17(13-28)23(30)33)20-11-10-19(32-20)15-7-5-8-16(12-15)24(25,26)27/h3-12,21,33H,2H2,1H3,(H,29,31). The van der Waals surface area contributed by atoms with Crippen LogP contribution in [0.15, 0.2) is 75.7 Å². The van der Waals surface area contributed by atoms with Gasteiger partial charge in [0.05, 0.1) is 10.6 Å². The third-order valence-corrected chi connectivity index (χ3v) is 5.76. The molecule has 0 saturated heterocycles. The molecule has 1 aliphatic heterocycles. The fourth-order valence-corrected chi connectivity index (χ4v) is 4.08. The first-order valence-electron chi connectivity index (χ1n) is 10.0. The number of halogens is 3. The monoisotopic (exact) mass is 469 g/mol. The SMILES string of the molecule is CCc1ccccc1N1C(S)=C(C#N)C(=O)NC1c1ccc(-c2cccc(C(F)(F)F)c2)o1. The van der Waals surface area contributed by atoms with Crippen molar-refractivity contribution in [2.24, 2.45) is 0 Å². The number of nitrogens with one attached hydrogen (secondary N) is 1. The Bertz CT molecular complexity index is 1290. The number of nitrogens with zero attached hydrogens (tertiary/aromatic N) is 2. The number of rotatable bonds is 4. The van der Waals surface area contributed by atoms with Crippen molar-refractivity contribution in [3.05, 3.63) is 88.2 Å². The Labute approximate surface area is 193 Å². The van der Waals surface area contributed by atoms with Gasteiger partial charge in [0, 0.05) is 11.3 Å². The second-order valence-electron chi connectivity index (χ2n) is 7.32. The molecule has 33 heavy (non-hydrogen) atoms. The molecule has 9 heteroatoms. The van der Waals surface area contributed by atoms with Crippen molar-refractivity contribution >= 4 is 24.2 Å². The molecule has 0 radical (unpaired) electrons. The zero-order valence-corrected chi connectivity index (χ0v) is 18.2. The zero-order valence-electron chi connectivity index (χ0n) is 17.3. The molecule has 168 valence electrons. The highest BCUT2D eigenvalue weighted by Gasteiger charge is 2.36. The first kappa shape index (κ1) is 22.6. The van der Waals surface area contributed by atoms with Gasteiger partial charge in [0.2, 0.25) is 0 Å². The van der Waals surface area contributed by atoms with Gasteiger partial charge >= 0.3 is 6.18 Å². The Kier molecular flexibility index (Phi) is 5.95. The fraction of sp³-hybridized carbons (Fsp3) is 0.167. The van der Waals surface area contributed by atoms with Gasteiger partial charge in [-0.2, -0.15) is 18.4 Å². The molecule has 2 heterocycles. The lowest BCUT2D eigenvalue weighted by atomic mass is 10.1. The molecule has 1 N–H and O–H groups in total. The number of aryl methyl sites for hydroxylation is 1. The van der Waals surface area contributed by atoms with Crippen molar-refractivity contribution in [2.75, 3.05) is 4.90 Å². The van der Waals surface area contributed by atoms with Crippen molar-refractivity contribution in [2.45, 2.75) is 25.7 Å². The van der Waals surface area contributed by atoms with Gasteiger partial charge in [-0.05, 0) is 42.3 Å². The van der Waals surface area contributed by atoms with Gasteiger partial charge in [0.15, 0.2) is 6.17 Å². The predicted molar refractivity (Wildman–Crippen MR) is 120 cm³/mol. The van der Waals surface area contributed by atoms with E-state index in [0.29, 0.717) is 6.42 Å². The molecule has 0 saturated carbocycles. The normalized spacial score (nSPS) is 16.5. The molecule has 1 atom stereocenters. The van der Waals surface area contributed by atoms with E-state index < -0.39 is 23.8 Å². The number of carbonyl (C=O) groups is 1. The van der Waals surface area contributed by atoms with Crippen LogP contribution in [0, 0.1) is 11.3 Å². The summed E-state index contributed by atoms with van der Waals surface area (Å²) in [4.78, 5) is 14.2. The second kappa shape index (κ2) is 8.71. The van der Waals surface area contributed by atoms with Crippen LogP contribution in [0.3, 0.4) is 0 Å². The molecular formula is C24H18F3N3O2S. The summed E-state index contributed by atoms with van der Waals surface area (Å²) < 4.78 is 45.3. The Morgan fingerprint density at radius 1 is 1.15 bits per heavy atom. The molecule has 0 spiro atoms. The molecule has 1 amide bonds. The topological polar surface area (TPSA) is 69.3 Å². The van der Waals surface area contributed by atoms with Gasteiger partial charge in [-0.25, -0.2) is 0 Å². The maximum Gasteiger partial charge on any atom is 0.416 e. The maximum atomic E-state index is 13.1. The number of furan rings is 1. The fourth-order valence-electron chi connectivity index (χ4n) is 3.71. The summed E-state index contributed by atoms with van der Waals surface area (Å²) in [5, 5.41) is 12.4. The number of thiol groups is 1. The molecule has 4 rings (SSSR count). The minimum atomic E-state index is -4.48. The third kappa shape index (κ3) is 4.22. The first-order chi connectivity index (χ1) is 15.7. The smallest absolute Gasteiger partial charge is 0.416 e. The third-order valence-electron chi connectivity index (χ3n) is 5.32. The van der Waals surface area contributed by atoms with Crippen LogP contribution in [0.1, 0.15) is 30.0 Å². The van der Waals surface area contributed by atoms with Gasteiger partial charge in [0.1, 0.15) is 23.2 Å². The molecule has 1 aromatic heterocycles.